The molecule has 0 aliphatic carbocycles. The van der Waals surface area contributed by atoms with Crippen LogP contribution in [0.15, 0.2) is 66.9 Å². The number of nitrogens with zero attached hydrogens (tertiary/aromatic N) is 2. The average molecular weight is 407 g/mol. The summed E-state index contributed by atoms with van der Waals surface area (Å²) in [5.41, 5.74) is 12.6. The van der Waals surface area contributed by atoms with Crippen LogP contribution >= 0.6 is 0 Å². The minimum Gasteiger partial charge on any atom is -0.367 e. The molecule has 0 atom stereocenters. The van der Waals surface area contributed by atoms with Crippen LogP contribution in [0, 0.1) is 5.82 Å². The van der Waals surface area contributed by atoms with E-state index in [1.54, 1.807) is 23.0 Å². The lowest BCUT2D eigenvalue weighted by atomic mass is 10.1. The fraction of sp³-hybridized carbons (Fsp3) is 0.0476. The third-order valence-electron chi connectivity index (χ3n) is 4.15. The van der Waals surface area contributed by atoms with E-state index in [9.17, 15) is 18.8 Å². The molecule has 9 heteroatoms. The minimum atomic E-state index is -1.62. The number of nitrogens with two attached hydrogens (primary N) is 2. The molecule has 5 N–H and O–H groups in total. The molecule has 0 aliphatic rings. The fourth-order valence-electron chi connectivity index (χ4n) is 2.69. The predicted molar refractivity (Wildman–Crippen MR) is 108 cm³/mol. The van der Waals surface area contributed by atoms with Gasteiger partial charge in [-0.1, -0.05) is 18.2 Å². The van der Waals surface area contributed by atoms with Gasteiger partial charge >= 0.3 is 0 Å². The Morgan fingerprint density at radius 3 is 2.23 bits per heavy atom. The molecule has 0 saturated heterocycles. The second kappa shape index (κ2) is 8.82. The molecule has 1 aromatic heterocycles. The zero-order valence-electron chi connectivity index (χ0n) is 15.7. The lowest BCUT2D eigenvalue weighted by molar-refractivity contribution is -0.132. The predicted octanol–water partition coefficient (Wildman–Crippen LogP) is 1.15. The van der Waals surface area contributed by atoms with Crippen molar-refractivity contribution in [3.05, 3.63) is 78.3 Å². The highest BCUT2D eigenvalue weighted by molar-refractivity contribution is 6.07. The van der Waals surface area contributed by atoms with Crippen molar-refractivity contribution in [2.24, 2.45) is 11.5 Å². The first-order valence-corrected chi connectivity index (χ1v) is 8.83. The molecule has 0 spiro atoms. The van der Waals surface area contributed by atoms with Crippen molar-refractivity contribution in [3.63, 3.8) is 0 Å². The van der Waals surface area contributed by atoms with E-state index in [1.807, 2.05) is 30.3 Å². The summed E-state index contributed by atoms with van der Waals surface area (Å²) < 4.78 is 14.9. The van der Waals surface area contributed by atoms with Gasteiger partial charge in [0.15, 0.2) is 6.04 Å². The Morgan fingerprint density at radius 1 is 1.00 bits per heavy atom. The normalized spacial score (nSPS) is 11.0. The molecule has 8 nitrogen and oxygen atoms in total. The molecule has 152 valence electrons. The van der Waals surface area contributed by atoms with Crippen LogP contribution in [-0.2, 0) is 14.4 Å². The number of aromatic nitrogens is 2. The maximum absolute atomic E-state index is 13.3. The highest BCUT2D eigenvalue weighted by Crippen LogP contribution is 2.25. The zero-order valence-corrected chi connectivity index (χ0v) is 15.7. The van der Waals surface area contributed by atoms with Crippen LogP contribution in [-0.4, -0.2) is 33.5 Å². The van der Waals surface area contributed by atoms with Gasteiger partial charge in [-0.15, -0.1) is 0 Å². The van der Waals surface area contributed by atoms with Crippen LogP contribution in [0.1, 0.15) is 5.56 Å². The van der Waals surface area contributed by atoms with E-state index in [-0.39, 0.29) is 5.82 Å². The Hall–Kier alpha value is -4.27. The zero-order chi connectivity index (χ0) is 21.7. The molecule has 0 saturated carbocycles. The summed E-state index contributed by atoms with van der Waals surface area (Å²) in [6, 6.07) is 13.4. The van der Waals surface area contributed by atoms with Crippen molar-refractivity contribution in [2.45, 2.75) is 6.04 Å². The van der Waals surface area contributed by atoms with E-state index in [4.69, 9.17) is 11.5 Å². The number of amides is 3. The molecule has 3 aromatic rings. The summed E-state index contributed by atoms with van der Waals surface area (Å²) in [6.07, 6.45) is 4.27. The topological polar surface area (TPSA) is 133 Å². The van der Waals surface area contributed by atoms with Gasteiger partial charge in [0.2, 0.25) is 17.7 Å². The Balaban J connectivity index is 1.94. The molecule has 3 rings (SSSR count). The van der Waals surface area contributed by atoms with Gasteiger partial charge in [0, 0.05) is 23.4 Å². The molecule has 30 heavy (non-hydrogen) atoms. The largest absolute Gasteiger partial charge is 0.367 e. The van der Waals surface area contributed by atoms with Crippen molar-refractivity contribution in [1.82, 2.24) is 15.1 Å². The number of rotatable bonds is 7. The molecule has 2 aromatic carbocycles. The average Bonchev–Trinajstić information content (AvgIpc) is 3.15. The highest BCUT2D eigenvalue weighted by Gasteiger charge is 2.22. The second-order valence-electron chi connectivity index (χ2n) is 6.30. The monoisotopic (exact) mass is 407 g/mol. The number of carbonyl (C=O) groups is 3. The lowest BCUT2D eigenvalue weighted by Crippen LogP contribution is -2.52. The van der Waals surface area contributed by atoms with E-state index in [1.165, 1.54) is 18.2 Å². The van der Waals surface area contributed by atoms with Crippen molar-refractivity contribution in [1.29, 1.82) is 0 Å². The number of halogens is 1. The summed E-state index contributed by atoms with van der Waals surface area (Å²) in [5.74, 6) is -3.25. The SMILES string of the molecule is NC(=O)C(NC(=O)/C=C/c1cn(-c2ccccc2)nc1-c1ccc(F)cc1)C(N)=O. The molecule has 0 unspecified atom stereocenters. The lowest BCUT2D eigenvalue weighted by Gasteiger charge is -2.09. The van der Waals surface area contributed by atoms with E-state index < -0.39 is 23.8 Å². The Labute approximate surface area is 171 Å². The van der Waals surface area contributed by atoms with Crippen molar-refractivity contribution >= 4 is 23.8 Å². The molecule has 3 amide bonds. The standard InChI is InChI=1S/C21H18FN5O3/c22-15-9-6-13(7-10-15)18-14(12-27(26-18)16-4-2-1-3-5-16)8-11-17(28)25-19(20(23)29)21(24)30/h1-12,19H,(H2,23,29)(H2,24,30)(H,25,28)/b11-8+. The summed E-state index contributed by atoms with van der Waals surface area (Å²) in [5, 5.41) is 6.68. The summed E-state index contributed by atoms with van der Waals surface area (Å²) >= 11 is 0. The first-order valence-electron chi connectivity index (χ1n) is 8.83. The van der Waals surface area contributed by atoms with Crippen LogP contribution in [0.2, 0.25) is 0 Å². The van der Waals surface area contributed by atoms with Gasteiger partial charge in [0.05, 0.1) is 11.4 Å². The maximum Gasteiger partial charge on any atom is 0.249 e. The van der Waals surface area contributed by atoms with Gasteiger partial charge in [-0.25, -0.2) is 9.07 Å². The number of para-hydroxylation sites is 1. The maximum atomic E-state index is 13.3. The molecular formula is C21H18FN5O3. The first kappa shape index (κ1) is 20.5. The Bertz CT molecular complexity index is 1090. The quantitative estimate of drug-likeness (QED) is 0.400. The van der Waals surface area contributed by atoms with Gasteiger partial charge in [0.1, 0.15) is 5.82 Å². The summed E-state index contributed by atoms with van der Waals surface area (Å²) in [7, 11) is 0. The van der Waals surface area contributed by atoms with E-state index in [0.29, 0.717) is 16.8 Å². The van der Waals surface area contributed by atoms with Crippen LogP contribution in [0.4, 0.5) is 4.39 Å². The summed E-state index contributed by atoms with van der Waals surface area (Å²) in [6.45, 7) is 0. The molecule has 0 bridgehead atoms. The second-order valence-corrected chi connectivity index (χ2v) is 6.30. The number of hydrogen-bond acceptors (Lipinski definition) is 4. The number of benzene rings is 2. The fourth-order valence-corrected chi connectivity index (χ4v) is 2.69. The van der Waals surface area contributed by atoms with Gasteiger partial charge in [0.25, 0.3) is 0 Å². The number of nitrogens with one attached hydrogen (secondary N) is 1. The van der Waals surface area contributed by atoms with E-state index in [0.717, 1.165) is 11.8 Å². The third-order valence-corrected chi connectivity index (χ3v) is 4.15. The third kappa shape index (κ3) is 4.76. The van der Waals surface area contributed by atoms with Crippen molar-refractivity contribution < 1.29 is 18.8 Å². The molecule has 1 heterocycles. The number of carbonyl (C=O) groups excluding carboxylic acids is 3. The van der Waals surface area contributed by atoms with Gasteiger partial charge in [-0.2, -0.15) is 5.10 Å². The highest BCUT2D eigenvalue weighted by atomic mass is 19.1. The van der Waals surface area contributed by atoms with Gasteiger partial charge < -0.3 is 16.8 Å². The van der Waals surface area contributed by atoms with Crippen molar-refractivity contribution in [2.75, 3.05) is 0 Å². The number of primary amides is 2. The minimum absolute atomic E-state index is 0.387. The smallest absolute Gasteiger partial charge is 0.249 e. The molecule has 0 fully saturated rings. The van der Waals surface area contributed by atoms with Crippen molar-refractivity contribution in [3.8, 4) is 16.9 Å². The Kier molecular flexibility index (Phi) is 6.02. The van der Waals surface area contributed by atoms with Crippen LogP contribution in [0.5, 0.6) is 0 Å². The van der Waals surface area contributed by atoms with Crippen LogP contribution in [0.25, 0.3) is 23.0 Å². The van der Waals surface area contributed by atoms with Crippen LogP contribution in [0.3, 0.4) is 0 Å². The molecular weight excluding hydrogens is 389 g/mol. The molecule has 0 radical (unpaired) electrons. The van der Waals surface area contributed by atoms with E-state index in [2.05, 4.69) is 10.4 Å². The number of hydrogen-bond donors (Lipinski definition) is 3. The van der Waals surface area contributed by atoms with Crippen LogP contribution < -0.4 is 16.8 Å². The molecule has 0 aliphatic heterocycles. The van der Waals surface area contributed by atoms with E-state index >= 15 is 0 Å². The van der Waals surface area contributed by atoms with Gasteiger partial charge in [-0.05, 0) is 42.5 Å². The first-order chi connectivity index (χ1) is 14.3. The van der Waals surface area contributed by atoms with Gasteiger partial charge in [-0.3, -0.25) is 14.4 Å². The Morgan fingerprint density at radius 2 is 1.63 bits per heavy atom. The summed E-state index contributed by atoms with van der Waals surface area (Å²) in [4.78, 5) is 34.5.